The van der Waals surface area contributed by atoms with Gasteiger partial charge in [0.1, 0.15) is 4.21 Å². The van der Waals surface area contributed by atoms with E-state index in [4.69, 9.17) is 5.73 Å². The molecule has 2 heterocycles. The molecule has 0 radical (unpaired) electrons. The summed E-state index contributed by atoms with van der Waals surface area (Å²) < 4.78 is 29.2. The van der Waals surface area contributed by atoms with Crippen molar-refractivity contribution >= 4 is 21.4 Å². The summed E-state index contributed by atoms with van der Waals surface area (Å²) in [6, 6.07) is 3.47. The molecule has 0 saturated carbocycles. The lowest BCUT2D eigenvalue weighted by Crippen LogP contribution is -2.24. The summed E-state index contributed by atoms with van der Waals surface area (Å²) in [5.41, 5.74) is 5.47. The number of thiophene rings is 1. The van der Waals surface area contributed by atoms with Crippen LogP contribution in [0.4, 0.5) is 0 Å². The smallest absolute Gasteiger partial charge is 0.250 e. The standard InChI is InChI=1S/C13H20N4O2S2/c14-6-5-12-3-4-13(20-12)21(18,19)16-7-1-2-9-17-10-8-15-11-17/h3-4,8,10-11,16H,1-2,5-7,9,14H2. The van der Waals surface area contributed by atoms with Crippen LogP contribution in [0.5, 0.6) is 0 Å². The minimum Gasteiger partial charge on any atom is -0.337 e. The first-order valence-electron chi connectivity index (χ1n) is 6.86. The third kappa shape index (κ3) is 4.92. The van der Waals surface area contributed by atoms with E-state index in [0.29, 0.717) is 23.7 Å². The molecule has 0 bridgehead atoms. The van der Waals surface area contributed by atoms with Gasteiger partial charge in [-0.15, -0.1) is 11.3 Å². The van der Waals surface area contributed by atoms with E-state index in [2.05, 4.69) is 9.71 Å². The number of hydrogen-bond acceptors (Lipinski definition) is 5. The number of aryl methyl sites for hydroxylation is 1. The maximum atomic E-state index is 12.1. The van der Waals surface area contributed by atoms with Crippen LogP contribution >= 0.6 is 11.3 Å². The Kier molecular flexibility index (Phi) is 5.92. The van der Waals surface area contributed by atoms with Gasteiger partial charge in [0, 0.05) is 30.4 Å². The number of nitrogens with zero attached hydrogens (tertiary/aromatic N) is 2. The summed E-state index contributed by atoms with van der Waals surface area (Å²) in [6.45, 7) is 1.82. The van der Waals surface area contributed by atoms with E-state index in [9.17, 15) is 8.42 Å². The van der Waals surface area contributed by atoms with Gasteiger partial charge in [0.25, 0.3) is 0 Å². The van der Waals surface area contributed by atoms with Crippen molar-refractivity contribution in [3.05, 3.63) is 35.7 Å². The lowest BCUT2D eigenvalue weighted by atomic mass is 10.3. The van der Waals surface area contributed by atoms with E-state index < -0.39 is 10.0 Å². The molecule has 116 valence electrons. The average molecular weight is 328 g/mol. The number of nitrogens with one attached hydrogen (secondary N) is 1. The second-order valence-corrected chi connectivity index (χ2v) is 7.83. The first-order valence-corrected chi connectivity index (χ1v) is 9.16. The highest BCUT2D eigenvalue weighted by molar-refractivity contribution is 7.91. The largest absolute Gasteiger partial charge is 0.337 e. The highest BCUT2D eigenvalue weighted by Gasteiger charge is 2.15. The van der Waals surface area contributed by atoms with Crippen LogP contribution in [0.2, 0.25) is 0 Å². The SMILES string of the molecule is NCCc1ccc(S(=O)(=O)NCCCCn2ccnc2)s1. The molecule has 0 spiro atoms. The highest BCUT2D eigenvalue weighted by atomic mass is 32.2. The van der Waals surface area contributed by atoms with Gasteiger partial charge < -0.3 is 10.3 Å². The predicted octanol–water partition coefficient (Wildman–Crippen LogP) is 1.20. The van der Waals surface area contributed by atoms with Crippen molar-refractivity contribution in [2.75, 3.05) is 13.1 Å². The summed E-state index contributed by atoms with van der Waals surface area (Å²) in [6.07, 6.45) is 7.80. The van der Waals surface area contributed by atoms with Crippen LogP contribution in [-0.2, 0) is 23.0 Å². The fourth-order valence-corrected chi connectivity index (χ4v) is 4.39. The Labute approximate surface area is 129 Å². The fourth-order valence-electron chi connectivity index (χ4n) is 1.90. The Bertz CT molecular complexity index is 635. The van der Waals surface area contributed by atoms with Crippen LogP contribution in [0.1, 0.15) is 17.7 Å². The lowest BCUT2D eigenvalue weighted by Gasteiger charge is -2.05. The minimum absolute atomic E-state index is 0.362. The zero-order chi connectivity index (χ0) is 15.1. The molecular formula is C13H20N4O2S2. The molecule has 8 heteroatoms. The number of rotatable bonds is 9. The Morgan fingerprint density at radius 1 is 1.33 bits per heavy atom. The molecule has 2 rings (SSSR count). The summed E-state index contributed by atoms with van der Waals surface area (Å²) in [7, 11) is -3.38. The molecular weight excluding hydrogens is 308 g/mol. The van der Waals surface area contributed by atoms with Crippen LogP contribution in [-0.4, -0.2) is 31.1 Å². The monoisotopic (exact) mass is 328 g/mol. The van der Waals surface area contributed by atoms with Crippen molar-refractivity contribution in [1.82, 2.24) is 14.3 Å². The number of imidazole rings is 1. The molecule has 6 nitrogen and oxygen atoms in total. The van der Waals surface area contributed by atoms with Crippen LogP contribution in [0.15, 0.2) is 35.1 Å². The summed E-state index contributed by atoms with van der Waals surface area (Å²) in [5.74, 6) is 0. The summed E-state index contributed by atoms with van der Waals surface area (Å²) in [5, 5.41) is 0. The van der Waals surface area contributed by atoms with Gasteiger partial charge in [0.15, 0.2) is 0 Å². The normalized spacial score (nSPS) is 11.9. The van der Waals surface area contributed by atoms with Gasteiger partial charge in [-0.25, -0.2) is 18.1 Å². The predicted molar refractivity (Wildman–Crippen MR) is 83.7 cm³/mol. The third-order valence-corrected chi connectivity index (χ3v) is 6.08. The number of nitrogens with two attached hydrogens (primary N) is 1. The molecule has 0 aliphatic rings. The van der Waals surface area contributed by atoms with Crippen LogP contribution in [0.3, 0.4) is 0 Å². The van der Waals surface area contributed by atoms with Crippen molar-refractivity contribution in [1.29, 1.82) is 0 Å². The highest BCUT2D eigenvalue weighted by Crippen LogP contribution is 2.21. The number of sulfonamides is 1. The zero-order valence-electron chi connectivity index (χ0n) is 11.7. The summed E-state index contributed by atoms with van der Waals surface area (Å²) in [4.78, 5) is 4.96. The van der Waals surface area contributed by atoms with Crippen molar-refractivity contribution < 1.29 is 8.42 Å². The van der Waals surface area contributed by atoms with E-state index in [0.717, 1.165) is 24.3 Å². The Morgan fingerprint density at radius 3 is 2.90 bits per heavy atom. The van der Waals surface area contributed by atoms with Crippen molar-refractivity contribution in [3.8, 4) is 0 Å². The van der Waals surface area contributed by atoms with Gasteiger partial charge in [0.05, 0.1) is 6.33 Å². The van der Waals surface area contributed by atoms with Gasteiger partial charge in [-0.1, -0.05) is 0 Å². The third-order valence-electron chi connectivity index (χ3n) is 2.99. The van der Waals surface area contributed by atoms with E-state index in [1.54, 1.807) is 18.6 Å². The average Bonchev–Trinajstić information content (AvgIpc) is 3.10. The number of hydrogen-bond donors (Lipinski definition) is 2. The maximum Gasteiger partial charge on any atom is 0.250 e. The second-order valence-electron chi connectivity index (χ2n) is 4.66. The summed E-state index contributed by atoms with van der Waals surface area (Å²) >= 11 is 1.28. The van der Waals surface area contributed by atoms with Gasteiger partial charge in [-0.05, 0) is 37.9 Å². The molecule has 3 N–H and O–H groups in total. The molecule has 0 aliphatic heterocycles. The number of aromatic nitrogens is 2. The number of unbranched alkanes of at least 4 members (excludes halogenated alkanes) is 1. The van der Waals surface area contributed by atoms with E-state index in [1.165, 1.54) is 11.3 Å². The van der Waals surface area contributed by atoms with Gasteiger partial charge in [0.2, 0.25) is 10.0 Å². The molecule has 2 aromatic rings. The van der Waals surface area contributed by atoms with Gasteiger partial charge >= 0.3 is 0 Å². The maximum absolute atomic E-state index is 12.1. The van der Waals surface area contributed by atoms with Gasteiger partial charge in [-0.3, -0.25) is 0 Å². The Balaban J connectivity index is 1.75. The lowest BCUT2D eigenvalue weighted by molar-refractivity contribution is 0.567. The molecule has 0 amide bonds. The van der Waals surface area contributed by atoms with Gasteiger partial charge in [-0.2, -0.15) is 0 Å². The van der Waals surface area contributed by atoms with E-state index in [1.807, 2.05) is 16.8 Å². The zero-order valence-corrected chi connectivity index (χ0v) is 13.4. The first-order chi connectivity index (χ1) is 10.1. The first kappa shape index (κ1) is 16.2. The van der Waals surface area contributed by atoms with Crippen molar-refractivity contribution in [2.45, 2.75) is 30.0 Å². The molecule has 2 aromatic heterocycles. The van der Waals surface area contributed by atoms with Crippen LogP contribution in [0, 0.1) is 0 Å². The molecule has 0 aromatic carbocycles. The van der Waals surface area contributed by atoms with E-state index in [-0.39, 0.29) is 0 Å². The quantitative estimate of drug-likeness (QED) is 0.677. The molecule has 0 saturated heterocycles. The van der Waals surface area contributed by atoms with Crippen molar-refractivity contribution in [2.24, 2.45) is 5.73 Å². The Morgan fingerprint density at radius 2 is 2.19 bits per heavy atom. The fraction of sp³-hybridized carbons (Fsp3) is 0.462. The molecule has 0 unspecified atom stereocenters. The molecule has 0 aliphatic carbocycles. The molecule has 0 fully saturated rings. The topological polar surface area (TPSA) is 90.0 Å². The van der Waals surface area contributed by atoms with Crippen LogP contribution < -0.4 is 10.5 Å². The minimum atomic E-state index is -3.38. The molecule has 0 atom stereocenters. The van der Waals surface area contributed by atoms with Crippen molar-refractivity contribution in [3.63, 3.8) is 0 Å². The Hall–Kier alpha value is -1.22. The molecule has 21 heavy (non-hydrogen) atoms. The van der Waals surface area contributed by atoms with Crippen LogP contribution in [0.25, 0.3) is 0 Å². The second kappa shape index (κ2) is 7.69. The van der Waals surface area contributed by atoms with E-state index >= 15 is 0 Å².